The number of carboxylic acids is 1. The molecule has 0 saturated carbocycles. The van der Waals surface area contributed by atoms with Crippen LogP contribution in [0.15, 0.2) is 17.4 Å². The van der Waals surface area contributed by atoms with Crippen LogP contribution in [0, 0.1) is 0 Å². The van der Waals surface area contributed by atoms with Gasteiger partial charge >= 0.3 is 6.18 Å². The third-order valence-corrected chi connectivity index (χ3v) is 1.76. The van der Waals surface area contributed by atoms with Gasteiger partial charge in [0, 0.05) is 0 Å². The lowest BCUT2D eigenvalue weighted by atomic mass is 10.4. The number of aliphatic carboxylic acids is 1. The fourth-order valence-corrected chi connectivity index (χ4v) is 1.03. The molecule has 0 N–H and O–H groups in total. The van der Waals surface area contributed by atoms with E-state index in [2.05, 4.69) is 25.2 Å². The second-order valence-electron chi connectivity index (χ2n) is 3.42. The van der Waals surface area contributed by atoms with Crippen molar-refractivity contribution < 1.29 is 27.6 Å². The average Bonchev–Trinajstić information content (AvgIpc) is 2.52. The van der Waals surface area contributed by atoms with Crippen LogP contribution in [0.25, 0.3) is 0 Å². The van der Waals surface area contributed by atoms with Crippen molar-refractivity contribution in [2.75, 3.05) is 13.6 Å². The van der Waals surface area contributed by atoms with E-state index in [4.69, 9.17) is 9.90 Å². The van der Waals surface area contributed by atoms with Crippen LogP contribution in [-0.2, 0) is 4.79 Å². The number of aliphatic imine (C=N–C) groups is 1. The van der Waals surface area contributed by atoms with Gasteiger partial charge in [-0.05, 0) is 6.42 Å². The van der Waals surface area contributed by atoms with Crippen molar-refractivity contribution in [3.05, 3.63) is 12.4 Å². The molecule has 1 aliphatic rings. The number of hydrogen-bond donors (Lipinski definition) is 0. The molecule has 0 aromatic heterocycles. The number of carbonyl (C=O) groups excluding carboxylic acids is 1. The molecule has 4 nitrogen and oxygen atoms in total. The van der Waals surface area contributed by atoms with Gasteiger partial charge in [-0.1, -0.05) is 6.92 Å². The van der Waals surface area contributed by atoms with Crippen LogP contribution in [0.3, 0.4) is 0 Å². The first kappa shape index (κ1) is 14.6. The van der Waals surface area contributed by atoms with Gasteiger partial charge in [-0.3, -0.25) is 4.48 Å². The van der Waals surface area contributed by atoms with Gasteiger partial charge in [0.05, 0.1) is 19.8 Å². The summed E-state index contributed by atoms with van der Waals surface area (Å²) in [5.41, 5.74) is 0. The fraction of sp³-hybridized carbons (Fsp3) is 0.556. The molecule has 16 heavy (non-hydrogen) atoms. The quantitative estimate of drug-likeness (QED) is 0.663. The number of quaternary nitrogens is 1. The first-order valence-electron chi connectivity index (χ1n) is 4.56. The molecule has 1 rings (SSSR count). The molecule has 92 valence electrons. The highest BCUT2D eigenvalue weighted by Crippen LogP contribution is 2.11. The van der Waals surface area contributed by atoms with Crippen molar-refractivity contribution in [3.8, 4) is 0 Å². The Hall–Kier alpha value is -1.37. The van der Waals surface area contributed by atoms with Crippen molar-refractivity contribution in [3.63, 3.8) is 0 Å². The maximum absolute atomic E-state index is 10.5. The zero-order chi connectivity index (χ0) is 12.8. The number of hydrogen-bond acceptors (Lipinski definition) is 3. The molecule has 0 fully saturated rings. The van der Waals surface area contributed by atoms with Crippen LogP contribution in [0.2, 0.25) is 0 Å². The van der Waals surface area contributed by atoms with Gasteiger partial charge < -0.3 is 9.90 Å². The van der Waals surface area contributed by atoms with E-state index in [1.54, 1.807) is 0 Å². The molecule has 1 aliphatic heterocycles. The van der Waals surface area contributed by atoms with Gasteiger partial charge in [-0.15, -0.1) is 0 Å². The third-order valence-electron chi connectivity index (χ3n) is 1.76. The van der Waals surface area contributed by atoms with E-state index in [1.807, 2.05) is 12.5 Å². The minimum absolute atomic E-state index is 0.872. The van der Waals surface area contributed by atoms with E-state index in [0.29, 0.717) is 0 Å². The summed E-state index contributed by atoms with van der Waals surface area (Å²) in [5, 5.41) is 8.78. The van der Waals surface area contributed by atoms with Crippen molar-refractivity contribution in [1.82, 2.24) is 0 Å². The molecule has 0 aliphatic carbocycles. The summed E-state index contributed by atoms with van der Waals surface area (Å²) in [6, 6.07) is 0. The number of alkyl halides is 3. The Morgan fingerprint density at radius 1 is 1.50 bits per heavy atom. The average molecular weight is 238 g/mol. The fourth-order valence-electron chi connectivity index (χ4n) is 1.03. The van der Waals surface area contributed by atoms with Crippen LogP contribution in [0.1, 0.15) is 13.3 Å². The molecule has 0 spiro atoms. The molecular formula is C9H13F3N2O2. The molecule has 0 bridgehead atoms. The highest BCUT2D eigenvalue weighted by molar-refractivity contribution is 5.70. The monoisotopic (exact) mass is 238 g/mol. The summed E-state index contributed by atoms with van der Waals surface area (Å²) in [6.07, 6.45) is 1.93. The Bertz CT molecular complexity index is 286. The molecule has 1 unspecified atom stereocenters. The zero-order valence-corrected chi connectivity index (χ0v) is 8.99. The van der Waals surface area contributed by atoms with Crippen LogP contribution in [-0.4, -0.2) is 36.6 Å². The Labute approximate surface area is 91.3 Å². The van der Waals surface area contributed by atoms with Gasteiger partial charge in [0.1, 0.15) is 12.2 Å². The maximum Gasteiger partial charge on any atom is 0.430 e. The lowest BCUT2D eigenvalue weighted by Crippen LogP contribution is -2.37. The molecule has 0 aromatic rings. The molecule has 1 atom stereocenters. The van der Waals surface area contributed by atoms with Gasteiger partial charge in [-0.25, -0.2) is 4.99 Å². The summed E-state index contributed by atoms with van der Waals surface area (Å²) in [4.78, 5) is 12.8. The lowest BCUT2D eigenvalue weighted by molar-refractivity contribution is -0.756. The molecule has 0 radical (unpaired) electrons. The zero-order valence-electron chi connectivity index (χ0n) is 8.99. The van der Waals surface area contributed by atoms with E-state index in [0.717, 1.165) is 11.0 Å². The molecule has 1 heterocycles. The molecular weight excluding hydrogens is 225 g/mol. The predicted octanol–water partition coefficient (Wildman–Crippen LogP) is 0.655. The third kappa shape index (κ3) is 5.50. The van der Waals surface area contributed by atoms with Crippen LogP contribution < -0.4 is 5.11 Å². The number of nitrogens with zero attached hydrogens (tertiary/aromatic N) is 2. The number of carboxylic acid groups (broad SMARTS) is 1. The first-order chi connectivity index (χ1) is 7.21. The van der Waals surface area contributed by atoms with E-state index in [1.165, 1.54) is 6.42 Å². The highest BCUT2D eigenvalue weighted by atomic mass is 19.4. The van der Waals surface area contributed by atoms with Crippen molar-refractivity contribution in [2.24, 2.45) is 4.99 Å². The molecule has 0 aromatic carbocycles. The van der Waals surface area contributed by atoms with Crippen LogP contribution in [0.5, 0.6) is 0 Å². The summed E-state index contributed by atoms with van der Waals surface area (Å²) >= 11 is 0. The van der Waals surface area contributed by atoms with E-state index in [-0.39, 0.29) is 0 Å². The summed E-state index contributed by atoms with van der Waals surface area (Å²) in [7, 11) is 2.15. The Kier molecular flexibility index (Phi) is 5.16. The Balaban J connectivity index is 0.000000293. The summed E-state index contributed by atoms with van der Waals surface area (Å²) < 4.78 is 32.4. The molecule has 7 heteroatoms. The lowest BCUT2D eigenvalue weighted by Gasteiger charge is -2.19. The topological polar surface area (TPSA) is 52.5 Å². The predicted molar refractivity (Wildman–Crippen MR) is 50.0 cm³/mol. The van der Waals surface area contributed by atoms with Crippen molar-refractivity contribution >= 4 is 12.3 Å². The van der Waals surface area contributed by atoms with Gasteiger partial charge in [0.25, 0.3) is 0 Å². The van der Waals surface area contributed by atoms with Crippen molar-refractivity contribution in [1.29, 1.82) is 0 Å². The largest absolute Gasteiger partial charge is 0.542 e. The minimum Gasteiger partial charge on any atom is -0.542 e. The Morgan fingerprint density at radius 2 is 2.00 bits per heavy atom. The molecule has 0 amide bonds. The number of rotatable bonds is 2. The highest BCUT2D eigenvalue weighted by Gasteiger charge is 2.28. The summed E-state index contributed by atoms with van der Waals surface area (Å²) in [6.45, 7) is 3.34. The second kappa shape index (κ2) is 5.64. The smallest absolute Gasteiger partial charge is 0.430 e. The number of halogens is 3. The van der Waals surface area contributed by atoms with Crippen LogP contribution in [0.4, 0.5) is 13.2 Å². The second-order valence-corrected chi connectivity index (χ2v) is 3.42. The minimum atomic E-state index is -5.19. The van der Waals surface area contributed by atoms with Gasteiger partial charge in [0.15, 0.2) is 6.34 Å². The van der Waals surface area contributed by atoms with Gasteiger partial charge in [0.2, 0.25) is 0 Å². The standard InChI is InChI=1S/C7H13N2.C2HF3O2/c1-3-5-9(2)6-4-8-7-9;3-2(4,5)1(6)7/h4,6-7H,3,5H2,1-2H3;(H,6,7)/q+1;/p-1. The number of carbonyl (C=O) groups is 1. The van der Waals surface area contributed by atoms with E-state index < -0.39 is 12.1 Å². The normalized spacial score (nSPS) is 22.8. The molecule has 0 saturated heterocycles. The van der Waals surface area contributed by atoms with Gasteiger partial charge in [-0.2, -0.15) is 13.2 Å². The van der Waals surface area contributed by atoms with E-state index in [9.17, 15) is 13.2 Å². The van der Waals surface area contributed by atoms with E-state index >= 15 is 0 Å². The maximum atomic E-state index is 10.5. The SMILES string of the molecule is CCC[N+]1(C)C=CN=C1.O=C([O-])C(F)(F)F. The Morgan fingerprint density at radius 3 is 2.25 bits per heavy atom. The van der Waals surface area contributed by atoms with Crippen molar-refractivity contribution in [2.45, 2.75) is 19.5 Å². The van der Waals surface area contributed by atoms with Crippen LogP contribution >= 0.6 is 0 Å². The first-order valence-corrected chi connectivity index (χ1v) is 4.56. The summed E-state index contributed by atoms with van der Waals surface area (Å²) in [5.74, 6) is -3.01.